The van der Waals surface area contributed by atoms with E-state index in [0.29, 0.717) is 5.89 Å². The van der Waals surface area contributed by atoms with E-state index in [9.17, 15) is 13.2 Å². The molecule has 1 atom stereocenters. The maximum absolute atomic E-state index is 11.3. The van der Waals surface area contributed by atoms with Gasteiger partial charge >= 0.3 is 12.0 Å². The van der Waals surface area contributed by atoms with Crippen LogP contribution in [0.5, 0.6) is 0 Å². The molecule has 1 aromatic rings. The zero-order valence-electron chi connectivity index (χ0n) is 9.29. The molecule has 1 aliphatic heterocycles. The molecule has 0 amide bonds. The van der Waals surface area contributed by atoms with Crippen LogP contribution >= 0.6 is 0 Å². The Balaban J connectivity index is 2.04. The summed E-state index contributed by atoms with van der Waals surface area (Å²) >= 11 is 0. The Hall–Kier alpha value is -1.68. The van der Waals surface area contributed by atoms with Crippen LogP contribution in [0.1, 0.15) is 24.8 Å². The molecule has 100 valence electrons. The predicted molar refractivity (Wildman–Crippen MR) is 59.3 cm³/mol. The molecule has 1 aliphatic rings. The van der Waals surface area contributed by atoms with Gasteiger partial charge in [0.2, 0.25) is 15.9 Å². The SMILES string of the molecule is O=C(O)CS(=O)(=O)Nc1nnc(C2CCCN2)o1. The summed E-state index contributed by atoms with van der Waals surface area (Å²) in [6.45, 7) is 0.840. The zero-order valence-corrected chi connectivity index (χ0v) is 10.1. The quantitative estimate of drug-likeness (QED) is 0.644. The van der Waals surface area contributed by atoms with E-state index < -0.39 is 21.7 Å². The number of hydrogen-bond acceptors (Lipinski definition) is 7. The number of carboxylic acids is 1. The average Bonchev–Trinajstić information content (AvgIpc) is 2.82. The monoisotopic (exact) mass is 276 g/mol. The molecule has 18 heavy (non-hydrogen) atoms. The van der Waals surface area contributed by atoms with Crippen LogP contribution in [-0.2, 0) is 14.8 Å². The highest BCUT2D eigenvalue weighted by Crippen LogP contribution is 2.23. The zero-order chi connectivity index (χ0) is 13.2. The normalized spacial score (nSPS) is 19.9. The number of nitrogens with one attached hydrogen (secondary N) is 2. The number of nitrogens with zero attached hydrogens (tertiary/aromatic N) is 2. The van der Waals surface area contributed by atoms with Crippen molar-refractivity contribution in [2.24, 2.45) is 0 Å². The maximum atomic E-state index is 11.3. The summed E-state index contributed by atoms with van der Waals surface area (Å²) in [6.07, 6.45) is 1.82. The van der Waals surface area contributed by atoms with Crippen molar-refractivity contribution in [3.63, 3.8) is 0 Å². The molecule has 1 saturated heterocycles. The Morgan fingerprint density at radius 1 is 1.56 bits per heavy atom. The Bertz CT molecular complexity index is 533. The summed E-state index contributed by atoms with van der Waals surface area (Å²) in [5.41, 5.74) is 0. The van der Waals surface area contributed by atoms with Crippen molar-refractivity contribution in [3.8, 4) is 0 Å². The van der Waals surface area contributed by atoms with Gasteiger partial charge in [0, 0.05) is 0 Å². The van der Waals surface area contributed by atoms with Gasteiger partial charge in [0.1, 0.15) is 0 Å². The van der Waals surface area contributed by atoms with Gasteiger partial charge in [-0.2, -0.15) is 0 Å². The lowest BCUT2D eigenvalue weighted by Gasteiger charge is -2.03. The van der Waals surface area contributed by atoms with E-state index in [2.05, 4.69) is 15.5 Å². The van der Waals surface area contributed by atoms with E-state index in [1.165, 1.54) is 0 Å². The molecule has 9 nitrogen and oxygen atoms in total. The molecule has 0 saturated carbocycles. The van der Waals surface area contributed by atoms with Gasteiger partial charge in [-0.05, 0) is 19.4 Å². The first kappa shape index (κ1) is 12.8. The molecule has 0 spiro atoms. The van der Waals surface area contributed by atoms with Gasteiger partial charge in [-0.1, -0.05) is 5.10 Å². The topological polar surface area (TPSA) is 134 Å². The smallest absolute Gasteiger partial charge is 0.329 e. The van der Waals surface area contributed by atoms with E-state index in [1.54, 1.807) is 0 Å². The van der Waals surface area contributed by atoms with E-state index >= 15 is 0 Å². The van der Waals surface area contributed by atoms with Crippen molar-refractivity contribution in [3.05, 3.63) is 5.89 Å². The lowest BCUT2D eigenvalue weighted by Crippen LogP contribution is -2.22. The van der Waals surface area contributed by atoms with Crippen LogP contribution in [-0.4, -0.2) is 42.0 Å². The van der Waals surface area contributed by atoms with Crippen LogP contribution in [0, 0.1) is 0 Å². The van der Waals surface area contributed by atoms with Gasteiger partial charge in [0.25, 0.3) is 0 Å². The summed E-state index contributed by atoms with van der Waals surface area (Å²) in [5, 5.41) is 18.7. The fraction of sp³-hybridized carbons (Fsp3) is 0.625. The molecule has 0 aliphatic carbocycles. The second-order valence-corrected chi connectivity index (χ2v) is 5.57. The standard InChI is InChI=1S/C8H12N4O5S/c13-6(14)4-18(15,16)12-8-11-10-7(17-8)5-2-1-3-9-5/h5,9H,1-4H2,(H,11,12)(H,13,14). The predicted octanol–water partition coefficient (Wildman–Crippen LogP) is -0.680. The van der Waals surface area contributed by atoms with E-state index in [1.807, 2.05) is 4.72 Å². The number of carboxylic acid groups (broad SMARTS) is 1. The Labute approximate surface area is 103 Å². The van der Waals surface area contributed by atoms with Crippen molar-refractivity contribution in [2.75, 3.05) is 17.0 Å². The molecule has 0 radical (unpaired) electrons. The van der Waals surface area contributed by atoms with Crippen LogP contribution in [0.2, 0.25) is 0 Å². The van der Waals surface area contributed by atoms with E-state index in [4.69, 9.17) is 9.52 Å². The number of sulfonamides is 1. The summed E-state index contributed by atoms with van der Waals surface area (Å²) < 4.78 is 29.6. The van der Waals surface area contributed by atoms with Crippen LogP contribution in [0.4, 0.5) is 6.01 Å². The van der Waals surface area contributed by atoms with Crippen LogP contribution in [0.3, 0.4) is 0 Å². The van der Waals surface area contributed by atoms with Crippen LogP contribution in [0.15, 0.2) is 4.42 Å². The second-order valence-electron chi connectivity index (χ2n) is 3.85. The van der Waals surface area contributed by atoms with Crippen molar-refractivity contribution in [1.29, 1.82) is 0 Å². The minimum absolute atomic E-state index is 0.0739. The lowest BCUT2D eigenvalue weighted by molar-refractivity contribution is -0.134. The molecule has 0 aromatic carbocycles. The molecular formula is C8H12N4O5S. The molecule has 1 unspecified atom stereocenters. The van der Waals surface area contributed by atoms with E-state index in [-0.39, 0.29) is 12.1 Å². The largest absolute Gasteiger partial charge is 0.480 e. The van der Waals surface area contributed by atoms with Gasteiger partial charge in [-0.25, -0.2) is 13.1 Å². The number of rotatable bonds is 5. The van der Waals surface area contributed by atoms with Gasteiger partial charge in [0.15, 0.2) is 5.75 Å². The second kappa shape index (κ2) is 4.90. The molecule has 2 heterocycles. The average molecular weight is 276 g/mol. The highest BCUT2D eigenvalue weighted by atomic mass is 32.2. The van der Waals surface area contributed by atoms with Gasteiger partial charge < -0.3 is 14.8 Å². The number of carbonyl (C=O) groups is 1. The Morgan fingerprint density at radius 2 is 2.33 bits per heavy atom. The minimum Gasteiger partial charge on any atom is -0.480 e. The third kappa shape index (κ3) is 3.17. The number of anilines is 1. The van der Waals surface area contributed by atoms with Crippen molar-refractivity contribution >= 4 is 22.0 Å². The summed E-state index contributed by atoms with van der Waals surface area (Å²) in [7, 11) is -4.01. The highest BCUT2D eigenvalue weighted by molar-refractivity contribution is 7.93. The molecular weight excluding hydrogens is 264 g/mol. The van der Waals surface area contributed by atoms with E-state index in [0.717, 1.165) is 19.4 Å². The Kier molecular flexibility index (Phi) is 3.48. The fourth-order valence-corrected chi connectivity index (χ4v) is 2.39. The summed E-state index contributed by atoms with van der Waals surface area (Å²) in [5.74, 6) is -2.22. The summed E-state index contributed by atoms with van der Waals surface area (Å²) in [4.78, 5) is 10.3. The Morgan fingerprint density at radius 3 is 2.94 bits per heavy atom. The van der Waals surface area contributed by atoms with Crippen LogP contribution in [0.25, 0.3) is 0 Å². The summed E-state index contributed by atoms with van der Waals surface area (Å²) in [6, 6.07) is -0.393. The molecule has 1 aromatic heterocycles. The number of hydrogen-bond donors (Lipinski definition) is 3. The first-order valence-electron chi connectivity index (χ1n) is 5.25. The molecule has 2 rings (SSSR count). The van der Waals surface area contributed by atoms with Gasteiger partial charge in [0.05, 0.1) is 6.04 Å². The minimum atomic E-state index is -4.01. The first-order valence-corrected chi connectivity index (χ1v) is 6.90. The third-order valence-corrected chi connectivity index (χ3v) is 3.47. The maximum Gasteiger partial charge on any atom is 0.329 e. The van der Waals surface area contributed by atoms with Crippen LogP contribution < -0.4 is 10.0 Å². The van der Waals surface area contributed by atoms with Crippen molar-refractivity contribution < 1.29 is 22.7 Å². The highest BCUT2D eigenvalue weighted by Gasteiger charge is 2.24. The van der Waals surface area contributed by atoms with Crippen molar-refractivity contribution in [1.82, 2.24) is 15.5 Å². The first-order chi connectivity index (χ1) is 8.46. The van der Waals surface area contributed by atoms with Crippen molar-refractivity contribution in [2.45, 2.75) is 18.9 Å². The molecule has 3 N–H and O–H groups in total. The fourth-order valence-electron chi connectivity index (χ4n) is 1.64. The molecule has 1 fully saturated rings. The third-order valence-electron chi connectivity index (χ3n) is 2.36. The lowest BCUT2D eigenvalue weighted by atomic mass is 10.2. The molecule has 10 heteroatoms. The van der Waals surface area contributed by atoms with Gasteiger partial charge in [-0.15, -0.1) is 5.10 Å². The van der Waals surface area contributed by atoms with Gasteiger partial charge in [-0.3, -0.25) is 4.79 Å². The number of aliphatic carboxylic acids is 1. The number of aromatic nitrogens is 2. The molecule has 0 bridgehead atoms.